The number of aromatic nitrogens is 1. The summed E-state index contributed by atoms with van der Waals surface area (Å²) in [7, 11) is 0. The molecule has 0 saturated heterocycles. The second-order valence-electron chi connectivity index (χ2n) is 5.24. The molecule has 1 aromatic carbocycles. The molecule has 2 aromatic rings. The zero-order chi connectivity index (χ0) is 13.9. The van der Waals surface area contributed by atoms with Gasteiger partial charge in [0, 0.05) is 23.0 Å². The van der Waals surface area contributed by atoms with Gasteiger partial charge in [-0.25, -0.2) is 4.98 Å². The summed E-state index contributed by atoms with van der Waals surface area (Å²) < 4.78 is 0. The molecule has 1 aromatic heterocycles. The van der Waals surface area contributed by atoms with Gasteiger partial charge in [-0.15, -0.1) is 11.3 Å². The average molecular weight is 276 g/mol. The van der Waals surface area contributed by atoms with E-state index >= 15 is 0 Å². The van der Waals surface area contributed by atoms with Crippen LogP contribution < -0.4 is 5.32 Å². The molecule has 4 heteroatoms. The molecule has 0 bridgehead atoms. The molecule has 3 nitrogen and oxygen atoms in total. The molecule has 0 fully saturated rings. The van der Waals surface area contributed by atoms with Crippen molar-refractivity contribution < 1.29 is 5.11 Å². The van der Waals surface area contributed by atoms with Gasteiger partial charge < -0.3 is 10.4 Å². The number of nitrogens with one attached hydrogen (secondary N) is 1. The minimum absolute atomic E-state index is 0.307. The van der Waals surface area contributed by atoms with Crippen molar-refractivity contribution in [2.24, 2.45) is 0 Å². The molecule has 0 aliphatic heterocycles. The lowest BCUT2D eigenvalue weighted by Crippen LogP contribution is -2.47. The van der Waals surface area contributed by atoms with Crippen molar-refractivity contribution in [3.63, 3.8) is 0 Å². The van der Waals surface area contributed by atoms with Crippen LogP contribution in [0.4, 0.5) is 0 Å². The molecular weight excluding hydrogens is 256 g/mol. The van der Waals surface area contributed by atoms with Gasteiger partial charge in [-0.1, -0.05) is 30.3 Å². The van der Waals surface area contributed by atoms with E-state index in [2.05, 4.69) is 27.8 Å². The smallest absolute Gasteiger partial charge is 0.107 e. The van der Waals surface area contributed by atoms with Crippen molar-refractivity contribution in [3.05, 3.63) is 40.7 Å². The summed E-state index contributed by atoms with van der Waals surface area (Å²) in [6.07, 6.45) is -0.402. The van der Waals surface area contributed by atoms with E-state index in [-0.39, 0.29) is 5.54 Å². The number of aliphatic hydroxyl groups excluding tert-OH is 1. The highest BCUT2D eigenvalue weighted by atomic mass is 32.1. The number of hydrogen-bond donors (Lipinski definition) is 2. The first-order valence-corrected chi connectivity index (χ1v) is 7.30. The number of aliphatic hydroxyl groups is 1. The number of benzene rings is 1. The lowest BCUT2D eigenvalue weighted by Gasteiger charge is -2.29. The largest absolute Gasteiger partial charge is 0.392 e. The molecular formula is C15H20N2OS. The van der Waals surface area contributed by atoms with Crippen LogP contribution >= 0.6 is 11.3 Å². The van der Waals surface area contributed by atoms with Crippen molar-refractivity contribution in [2.75, 3.05) is 0 Å². The Balaban J connectivity index is 2.03. The average Bonchev–Trinajstić information content (AvgIpc) is 2.86. The Labute approximate surface area is 118 Å². The summed E-state index contributed by atoms with van der Waals surface area (Å²) in [4.78, 5) is 4.62. The predicted octanol–water partition coefficient (Wildman–Crippen LogP) is 3.06. The van der Waals surface area contributed by atoms with Gasteiger partial charge >= 0.3 is 0 Å². The molecule has 102 valence electrons. The molecule has 0 aliphatic rings. The minimum Gasteiger partial charge on any atom is -0.392 e. The summed E-state index contributed by atoms with van der Waals surface area (Å²) in [6, 6.07) is 10.2. The molecule has 0 spiro atoms. The van der Waals surface area contributed by atoms with E-state index in [0.717, 1.165) is 16.3 Å². The second kappa shape index (κ2) is 5.82. The number of thiazole rings is 1. The number of nitrogens with zero attached hydrogens (tertiary/aromatic N) is 1. The minimum atomic E-state index is -0.402. The van der Waals surface area contributed by atoms with E-state index in [9.17, 15) is 5.11 Å². The van der Waals surface area contributed by atoms with E-state index in [4.69, 9.17) is 0 Å². The van der Waals surface area contributed by atoms with E-state index < -0.39 is 6.10 Å². The first-order valence-electron chi connectivity index (χ1n) is 6.42. The quantitative estimate of drug-likeness (QED) is 0.882. The van der Waals surface area contributed by atoms with E-state index in [1.165, 1.54) is 0 Å². The third-order valence-corrected chi connectivity index (χ3v) is 4.21. The van der Waals surface area contributed by atoms with Crippen molar-refractivity contribution >= 4 is 11.3 Å². The van der Waals surface area contributed by atoms with Gasteiger partial charge in [-0.05, 0) is 20.8 Å². The molecule has 0 amide bonds. The van der Waals surface area contributed by atoms with Crippen LogP contribution in [0, 0.1) is 0 Å². The fraction of sp³-hybridized carbons (Fsp3) is 0.400. The summed E-state index contributed by atoms with van der Waals surface area (Å²) in [5, 5.41) is 16.1. The van der Waals surface area contributed by atoms with Crippen molar-refractivity contribution in [2.45, 2.75) is 39.0 Å². The van der Waals surface area contributed by atoms with Gasteiger partial charge in [0.15, 0.2) is 0 Å². The SMILES string of the molecule is CC(O)C(C)(C)NCc1nc(-c2ccccc2)cs1. The Morgan fingerprint density at radius 3 is 2.63 bits per heavy atom. The highest BCUT2D eigenvalue weighted by Crippen LogP contribution is 2.22. The van der Waals surface area contributed by atoms with E-state index in [1.54, 1.807) is 18.3 Å². The Morgan fingerprint density at radius 2 is 2.00 bits per heavy atom. The molecule has 1 heterocycles. The second-order valence-corrected chi connectivity index (χ2v) is 6.19. The summed E-state index contributed by atoms with van der Waals surface area (Å²) >= 11 is 1.64. The standard InChI is InChI=1S/C15H20N2OS/c1-11(18)15(2,3)16-9-14-17-13(10-19-14)12-7-5-4-6-8-12/h4-8,10-11,16,18H,9H2,1-3H3. The van der Waals surface area contributed by atoms with Gasteiger partial charge in [-0.2, -0.15) is 0 Å². The van der Waals surface area contributed by atoms with Gasteiger partial charge in [0.2, 0.25) is 0 Å². The summed E-state index contributed by atoms with van der Waals surface area (Å²) in [5.41, 5.74) is 1.84. The van der Waals surface area contributed by atoms with E-state index in [1.807, 2.05) is 32.0 Å². The molecule has 19 heavy (non-hydrogen) atoms. The van der Waals surface area contributed by atoms with Crippen molar-refractivity contribution in [3.8, 4) is 11.3 Å². The summed E-state index contributed by atoms with van der Waals surface area (Å²) in [6.45, 7) is 6.45. The van der Waals surface area contributed by atoms with Gasteiger partial charge in [0.05, 0.1) is 11.8 Å². The van der Waals surface area contributed by atoms with Crippen LogP contribution in [0.25, 0.3) is 11.3 Å². The Bertz CT molecular complexity index is 520. The molecule has 1 atom stereocenters. The van der Waals surface area contributed by atoms with Gasteiger partial charge in [0.25, 0.3) is 0 Å². The van der Waals surface area contributed by atoms with Crippen molar-refractivity contribution in [1.82, 2.24) is 10.3 Å². The first-order chi connectivity index (χ1) is 8.99. The predicted molar refractivity (Wildman–Crippen MR) is 80.1 cm³/mol. The zero-order valence-electron chi connectivity index (χ0n) is 11.6. The topological polar surface area (TPSA) is 45.1 Å². The molecule has 0 aliphatic carbocycles. The lowest BCUT2D eigenvalue weighted by molar-refractivity contribution is 0.0956. The third kappa shape index (κ3) is 3.62. The first kappa shape index (κ1) is 14.2. The maximum atomic E-state index is 9.66. The van der Waals surface area contributed by atoms with E-state index in [0.29, 0.717) is 6.54 Å². The third-order valence-electron chi connectivity index (χ3n) is 3.36. The zero-order valence-corrected chi connectivity index (χ0v) is 12.4. The highest BCUT2D eigenvalue weighted by molar-refractivity contribution is 7.09. The number of hydrogen-bond acceptors (Lipinski definition) is 4. The van der Waals surface area contributed by atoms with Gasteiger partial charge in [-0.3, -0.25) is 0 Å². The Kier molecular flexibility index (Phi) is 4.34. The van der Waals surface area contributed by atoms with Crippen LogP contribution in [0.5, 0.6) is 0 Å². The molecule has 1 unspecified atom stereocenters. The van der Waals surface area contributed by atoms with Crippen LogP contribution in [0.2, 0.25) is 0 Å². The fourth-order valence-electron chi connectivity index (χ4n) is 1.58. The Hall–Kier alpha value is -1.23. The van der Waals surface area contributed by atoms with Crippen LogP contribution in [0.1, 0.15) is 25.8 Å². The lowest BCUT2D eigenvalue weighted by atomic mass is 9.99. The van der Waals surface area contributed by atoms with Crippen LogP contribution in [-0.4, -0.2) is 21.7 Å². The maximum Gasteiger partial charge on any atom is 0.107 e. The molecule has 2 rings (SSSR count). The van der Waals surface area contributed by atoms with Crippen LogP contribution in [0.15, 0.2) is 35.7 Å². The fourth-order valence-corrected chi connectivity index (χ4v) is 2.33. The molecule has 0 radical (unpaired) electrons. The molecule has 2 N–H and O–H groups in total. The van der Waals surface area contributed by atoms with Crippen LogP contribution in [0.3, 0.4) is 0 Å². The Morgan fingerprint density at radius 1 is 1.32 bits per heavy atom. The van der Waals surface area contributed by atoms with Gasteiger partial charge in [0.1, 0.15) is 5.01 Å². The normalized spacial score (nSPS) is 13.5. The number of rotatable bonds is 5. The van der Waals surface area contributed by atoms with Crippen molar-refractivity contribution in [1.29, 1.82) is 0 Å². The van der Waals surface area contributed by atoms with Crippen LogP contribution in [-0.2, 0) is 6.54 Å². The molecule has 0 saturated carbocycles. The monoisotopic (exact) mass is 276 g/mol. The maximum absolute atomic E-state index is 9.66. The highest BCUT2D eigenvalue weighted by Gasteiger charge is 2.23. The summed E-state index contributed by atoms with van der Waals surface area (Å²) in [5.74, 6) is 0.